The van der Waals surface area contributed by atoms with Gasteiger partial charge in [-0.25, -0.2) is 14.4 Å². The molecule has 4 rings (SSSR count). The fourth-order valence-corrected chi connectivity index (χ4v) is 3.78. The Hall–Kier alpha value is -3.67. The molecular weight excluding hydrogens is 526 g/mol. The molecule has 4 aromatic rings. The highest BCUT2D eigenvalue weighted by molar-refractivity contribution is 6.30. The molecule has 0 radical (unpaired) electrons. The number of benzene rings is 2. The number of methoxy groups -OCH3 is 1. The van der Waals surface area contributed by atoms with Crippen LogP contribution in [0.3, 0.4) is 0 Å². The Kier molecular flexibility index (Phi) is 8.59. The van der Waals surface area contributed by atoms with Crippen molar-refractivity contribution in [3.8, 4) is 11.5 Å². The summed E-state index contributed by atoms with van der Waals surface area (Å²) in [5, 5.41) is 10.9. The van der Waals surface area contributed by atoms with Crippen molar-refractivity contribution in [1.29, 1.82) is 0 Å². The van der Waals surface area contributed by atoms with E-state index in [1.807, 2.05) is 0 Å². The van der Waals surface area contributed by atoms with Gasteiger partial charge in [0.25, 0.3) is 0 Å². The molecule has 0 spiro atoms. The summed E-state index contributed by atoms with van der Waals surface area (Å²) in [5.41, 5.74) is 0.575. The predicted molar refractivity (Wildman–Crippen MR) is 139 cm³/mol. The Morgan fingerprint density at radius 2 is 1.97 bits per heavy atom. The quantitative estimate of drug-likeness (QED) is 0.194. The summed E-state index contributed by atoms with van der Waals surface area (Å²) in [6.45, 7) is 2.33. The second-order valence-corrected chi connectivity index (χ2v) is 8.45. The van der Waals surface area contributed by atoms with E-state index in [1.165, 1.54) is 25.4 Å². The molecule has 1 amide bonds. The second-order valence-electron chi connectivity index (χ2n) is 7.63. The minimum atomic E-state index is -0.661. The van der Waals surface area contributed by atoms with Gasteiger partial charge in [0, 0.05) is 37.3 Å². The maximum atomic E-state index is 14.6. The number of alkyl halides is 1. The first-order chi connectivity index (χ1) is 17.9. The van der Waals surface area contributed by atoms with Crippen molar-refractivity contribution in [3.05, 3.63) is 53.6 Å². The number of hydrogen-bond acceptors (Lipinski definition) is 8. The summed E-state index contributed by atoms with van der Waals surface area (Å²) in [6.07, 6.45) is 1.39. The first-order valence-electron chi connectivity index (χ1n) is 11.1. The van der Waals surface area contributed by atoms with Crippen LogP contribution in [0.25, 0.3) is 10.9 Å². The molecule has 2 heterocycles. The van der Waals surface area contributed by atoms with E-state index in [0.29, 0.717) is 47.3 Å². The van der Waals surface area contributed by atoms with E-state index in [0.717, 1.165) is 11.0 Å². The number of aromatic amines is 1. The van der Waals surface area contributed by atoms with Crippen LogP contribution >= 0.6 is 23.2 Å². The van der Waals surface area contributed by atoms with E-state index in [4.69, 9.17) is 37.4 Å². The van der Waals surface area contributed by atoms with Gasteiger partial charge in [-0.2, -0.15) is 5.10 Å². The lowest BCUT2D eigenvalue weighted by atomic mass is 10.2. The smallest absolute Gasteiger partial charge is 0.229 e. The summed E-state index contributed by atoms with van der Waals surface area (Å²) >= 11 is 11.7. The second kappa shape index (κ2) is 12.0. The lowest BCUT2D eigenvalue weighted by molar-refractivity contribution is -0.115. The van der Waals surface area contributed by atoms with Crippen LogP contribution in [0.5, 0.6) is 11.5 Å². The first-order valence-corrected chi connectivity index (χ1v) is 12.0. The highest BCUT2D eigenvalue weighted by Gasteiger charge is 2.22. The molecular formula is C24H23Cl2FN6O4. The molecule has 2 aromatic carbocycles. The average Bonchev–Trinajstić information content (AvgIpc) is 3.32. The van der Waals surface area contributed by atoms with E-state index in [2.05, 4.69) is 25.5 Å². The van der Waals surface area contributed by atoms with Gasteiger partial charge in [-0.15, -0.1) is 11.6 Å². The Morgan fingerprint density at radius 1 is 1.14 bits per heavy atom. The molecule has 0 aliphatic heterocycles. The predicted octanol–water partition coefficient (Wildman–Crippen LogP) is 5.22. The lowest BCUT2D eigenvalue weighted by Gasteiger charge is -2.19. The zero-order valence-electron chi connectivity index (χ0n) is 19.9. The van der Waals surface area contributed by atoms with Crippen molar-refractivity contribution in [3.63, 3.8) is 0 Å². The number of carbonyl (C=O) groups is 1. The standard InChI is InChI=1S/C24H23Cl2FN6O4/c1-14(34)33(19-4-3-15(26)9-17(19)27)22-12-21(31-32-22)30-24-23-18(28-13-29-24)10-16(36-8-7-35-2)11-20(23)37-6-5-25/h3-4,9-13H,5-8H2,1-2H3,(H2,28,29,30,31,32). The molecule has 2 N–H and O–H groups in total. The molecule has 0 atom stereocenters. The average molecular weight is 549 g/mol. The molecule has 0 saturated heterocycles. The highest BCUT2D eigenvalue weighted by atomic mass is 35.5. The molecule has 13 heteroatoms. The van der Waals surface area contributed by atoms with Crippen LogP contribution in [-0.4, -0.2) is 58.9 Å². The number of hydrogen-bond donors (Lipinski definition) is 2. The van der Waals surface area contributed by atoms with Crippen LogP contribution in [0.2, 0.25) is 5.02 Å². The third-order valence-electron chi connectivity index (χ3n) is 5.08. The van der Waals surface area contributed by atoms with Gasteiger partial charge in [-0.3, -0.25) is 14.8 Å². The van der Waals surface area contributed by atoms with Crippen LogP contribution in [0.4, 0.5) is 27.5 Å². The maximum Gasteiger partial charge on any atom is 0.229 e. The van der Waals surface area contributed by atoms with Crippen molar-refractivity contribution in [1.82, 2.24) is 20.2 Å². The Morgan fingerprint density at radius 3 is 2.70 bits per heavy atom. The molecule has 0 unspecified atom stereocenters. The van der Waals surface area contributed by atoms with E-state index < -0.39 is 11.7 Å². The third kappa shape index (κ3) is 6.19. The van der Waals surface area contributed by atoms with Gasteiger partial charge < -0.3 is 19.5 Å². The van der Waals surface area contributed by atoms with Crippen molar-refractivity contribution in [2.24, 2.45) is 0 Å². The molecule has 37 heavy (non-hydrogen) atoms. The van der Waals surface area contributed by atoms with Gasteiger partial charge in [-0.05, 0) is 18.2 Å². The van der Waals surface area contributed by atoms with Crippen molar-refractivity contribution in [2.75, 3.05) is 43.0 Å². The maximum absolute atomic E-state index is 14.6. The van der Waals surface area contributed by atoms with E-state index in [1.54, 1.807) is 25.3 Å². The molecule has 0 saturated carbocycles. The number of nitrogens with one attached hydrogen (secondary N) is 2. The summed E-state index contributed by atoms with van der Waals surface area (Å²) in [6, 6.07) is 9.05. The third-order valence-corrected chi connectivity index (χ3v) is 5.47. The van der Waals surface area contributed by atoms with Crippen LogP contribution in [-0.2, 0) is 9.53 Å². The van der Waals surface area contributed by atoms with Crippen molar-refractivity contribution in [2.45, 2.75) is 6.92 Å². The number of carbonyl (C=O) groups excluding carboxylic acids is 1. The van der Waals surface area contributed by atoms with Crippen LogP contribution in [0, 0.1) is 5.82 Å². The molecule has 0 bridgehead atoms. The number of rotatable bonds is 11. The first kappa shape index (κ1) is 26.4. The molecule has 0 aliphatic rings. The normalized spacial score (nSPS) is 10.9. The molecule has 2 aromatic heterocycles. The van der Waals surface area contributed by atoms with Crippen molar-refractivity contribution < 1.29 is 23.4 Å². The highest BCUT2D eigenvalue weighted by Crippen LogP contribution is 2.36. The van der Waals surface area contributed by atoms with Gasteiger partial charge in [0.1, 0.15) is 48.5 Å². The van der Waals surface area contributed by atoms with Gasteiger partial charge in [0.05, 0.1) is 29.1 Å². The fraction of sp³-hybridized carbons (Fsp3) is 0.250. The zero-order chi connectivity index (χ0) is 26.4. The summed E-state index contributed by atoms with van der Waals surface area (Å²) in [5.74, 6) is 1.14. The van der Waals surface area contributed by atoms with Crippen LogP contribution < -0.4 is 19.7 Å². The largest absolute Gasteiger partial charge is 0.491 e. The number of ether oxygens (including phenoxy) is 3. The SMILES string of the molecule is COCCOc1cc(OCCCl)c2c(Nc3cc(N(C(C)=O)c4ccc(Cl)cc4F)n[nH]3)ncnc2c1. The summed E-state index contributed by atoms with van der Waals surface area (Å²) in [4.78, 5) is 22.2. The van der Waals surface area contributed by atoms with E-state index in [9.17, 15) is 9.18 Å². The monoisotopic (exact) mass is 548 g/mol. The van der Waals surface area contributed by atoms with Gasteiger partial charge in [0.15, 0.2) is 5.82 Å². The van der Waals surface area contributed by atoms with Gasteiger partial charge >= 0.3 is 0 Å². The Bertz CT molecular complexity index is 1400. The number of aromatic nitrogens is 4. The fourth-order valence-electron chi connectivity index (χ4n) is 3.55. The topological polar surface area (TPSA) is 114 Å². The Balaban J connectivity index is 1.68. The minimum Gasteiger partial charge on any atom is -0.491 e. The molecule has 194 valence electrons. The molecule has 0 fully saturated rings. The van der Waals surface area contributed by atoms with Gasteiger partial charge in [0.2, 0.25) is 5.91 Å². The lowest BCUT2D eigenvalue weighted by Crippen LogP contribution is -2.24. The van der Waals surface area contributed by atoms with Crippen LogP contribution in [0.15, 0.2) is 42.7 Å². The summed E-state index contributed by atoms with van der Waals surface area (Å²) < 4.78 is 31.2. The number of anilines is 4. The van der Waals surface area contributed by atoms with E-state index >= 15 is 0 Å². The summed E-state index contributed by atoms with van der Waals surface area (Å²) in [7, 11) is 1.59. The molecule has 0 aliphatic carbocycles. The van der Waals surface area contributed by atoms with E-state index in [-0.39, 0.29) is 29.0 Å². The number of fused-ring (bicyclic) bond motifs is 1. The minimum absolute atomic E-state index is 0.0141. The number of amides is 1. The number of nitrogens with zero attached hydrogens (tertiary/aromatic N) is 4. The zero-order valence-corrected chi connectivity index (χ0v) is 21.4. The Labute approximate surface area is 221 Å². The van der Waals surface area contributed by atoms with Gasteiger partial charge in [-0.1, -0.05) is 11.6 Å². The number of H-pyrrole nitrogens is 1. The van der Waals surface area contributed by atoms with Crippen LogP contribution in [0.1, 0.15) is 6.92 Å². The number of halogens is 3. The molecule has 10 nitrogen and oxygen atoms in total. The van der Waals surface area contributed by atoms with Crippen molar-refractivity contribution >= 4 is 63.2 Å².